The van der Waals surface area contributed by atoms with Crippen LogP contribution in [0.25, 0.3) is 0 Å². The van der Waals surface area contributed by atoms with E-state index < -0.39 is 5.60 Å². The van der Waals surface area contributed by atoms with E-state index in [9.17, 15) is 0 Å². The molecule has 2 aromatic rings. The number of ether oxygens (including phenoxy) is 4. The summed E-state index contributed by atoms with van der Waals surface area (Å²) < 4.78 is 24.9. The maximum atomic E-state index is 6.62. The van der Waals surface area contributed by atoms with Gasteiger partial charge in [0.15, 0.2) is 0 Å². The highest BCUT2D eigenvalue weighted by atomic mass is 35.5. The first-order valence-corrected chi connectivity index (χ1v) is 10.2. The van der Waals surface area contributed by atoms with Crippen LogP contribution in [0.3, 0.4) is 0 Å². The lowest BCUT2D eigenvalue weighted by atomic mass is 9.84. The number of halogens is 1. The lowest BCUT2D eigenvalue weighted by molar-refractivity contribution is -0.178. The molecule has 4 nitrogen and oxygen atoms in total. The molecule has 2 aromatic carbocycles. The molecule has 2 aliphatic rings. The highest BCUT2D eigenvalue weighted by Crippen LogP contribution is 2.49. The fourth-order valence-electron chi connectivity index (χ4n) is 4.42. The Morgan fingerprint density at radius 1 is 1.11 bits per heavy atom. The summed E-state index contributed by atoms with van der Waals surface area (Å²) in [5.74, 6) is 0. The summed E-state index contributed by atoms with van der Waals surface area (Å²) in [5.41, 5.74) is 2.73. The Hall–Kier alpha value is -1.43. The average Bonchev–Trinajstić information content (AvgIpc) is 3.05. The second kappa shape index (κ2) is 8.13. The number of methoxy groups -OCH3 is 1. The molecule has 0 spiro atoms. The molecule has 150 valence electrons. The predicted molar refractivity (Wildman–Crippen MR) is 108 cm³/mol. The van der Waals surface area contributed by atoms with Gasteiger partial charge in [0.1, 0.15) is 23.9 Å². The van der Waals surface area contributed by atoms with E-state index in [-0.39, 0.29) is 24.4 Å². The number of fused-ring (bicyclic) bond motifs is 3. The van der Waals surface area contributed by atoms with Crippen molar-refractivity contribution in [2.45, 2.75) is 56.9 Å². The molecule has 0 amide bonds. The molecule has 0 N–H and O–H groups in total. The van der Waals surface area contributed by atoms with Gasteiger partial charge in [-0.15, -0.1) is 0 Å². The zero-order valence-electron chi connectivity index (χ0n) is 16.6. The molecule has 0 saturated carbocycles. The van der Waals surface area contributed by atoms with Gasteiger partial charge >= 0.3 is 0 Å². The van der Waals surface area contributed by atoms with Crippen molar-refractivity contribution in [1.29, 1.82) is 0 Å². The fraction of sp³-hybridized carbons (Fsp3) is 0.478. The lowest BCUT2D eigenvalue weighted by Crippen LogP contribution is -2.47. The molecule has 0 bridgehead atoms. The number of benzene rings is 2. The maximum Gasteiger partial charge on any atom is 0.118 e. The molecule has 1 fully saturated rings. The first-order chi connectivity index (χ1) is 13.6. The molecule has 2 aliphatic heterocycles. The van der Waals surface area contributed by atoms with Crippen molar-refractivity contribution in [2.75, 3.05) is 13.7 Å². The van der Waals surface area contributed by atoms with Crippen molar-refractivity contribution in [3.63, 3.8) is 0 Å². The minimum Gasteiger partial charge on any atom is -0.381 e. The topological polar surface area (TPSA) is 36.9 Å². The van der Waals surface area contributed by atoms with Crippen LogP contribution in [0.2, 0.25) is 5.02 Å². The van der Waals surface area contributed by atoms with Crippen molar-refractivity contribution in [2.24, 2.45) is 0 Å². The first kappa shape index (κ1) is 19.9. The maximum absolute atomic E-state index is 6.62. The van der Waals surface area contributed by atoms with Gasteiger partial charge in [0.2, 0.25) is 0 Å². The van der Waals surface area contributed by atoms with Crippen molar-refractivity contribution in [1.82, 2.24) is 0 Å². The van der Waals surface area contributed by atoms with Crippen molar-refractivity contribution >= 4 is 11.6 Å². The Morgan fingerprint density at radius 2 is 1.86 bits per heavy atom. The molecule has 2 heterocycles. The van der Waals surface area contributed by atoms with E-state index in [0.717, 1.165) is 17.5 Å². The zero-order valence-corrected chi connectivity index (χ0v) is 17.3. The van der Waals surface area contributed by atoms with Gasteiger partial charge < -0.3 is 18.9 Å². The zero-order chi connectivity index (χ0) is 19.7. The molecule has 0 aliphatic carbocycles. The molecular weight excluding hydrogens is 376 g/mol. The molecule has 28 heavy (non-hydrogen) atoms. The summed E-state index contributed by atoms with van der Waals surface area (Å²) in [6, 6.07) is 16.1. The Kier molecular flexibility index (Phi) is 5.77. The summed E-state index contributed by atoms with van der Waals surface area (Å²) in [5, 5.41) is 0.713. The van der Waals surface area contributed by atoms with Gasteiger partial charge in [0.25, 0.3) is 0 Å². The monoisotopic (exact) mass is 402 g/mol. The highest BCUT2D eigenvalue weighted by molar-refractivity contribution is 6.31. The summed E-state index contributed by atoms with van der Waals surface area (Å²) in [6.45, 7) is 5.10. The molecular formula is C23H27ClO4. The molecule has 4 rings (SSSR count). The van der Waals surface area contributed by atoms with Crippen LogP contribution in [-0.2, 0) is 31.2 Å². The second-order valence-corrected chi connectivity index (χ2v) is 8.11. The van der Waals surface area contributed by atoms with Gasteiger partial charge in [-0.2, -0.15) is 0 Å². The van der Waals surface area contributed by atoms with E-state index in [1.165, 1.54) is 5.56 Å². The van der Waals surface area contributed by atoms with Gasteiger partial charge in [-0.3, -0.25) is 0 Å². The minimum atomic E-state index is -0.537. The van der Waals surface area contributed by atoms with Crippen LogP contribution in [0.15, 0.2) is 48.5 Å². The number of rotatable bonds is 6. The van der Waals surface area contributed by atoms with E-state index in [1.54, 1.807) is 7.11 Å². The third-order valence-electron chi connectivity index (χ3n) is 5.75. The van der Waals surface area contributed by atoms with E-state index >= 15 is 0 Å². The largest absolute Gasteiger partial charge is 0.381 e. The Labute approximate surface area is 171 Å². The van der Waals surface area contributed by atoms with Crippen molar-refractivity contribution < 1.29 is 18.9 Å². The molecule has 0 radical (unpaired) electrons. The third kappa shape index (κ3) is 3.49. The van der Waals surface area contributed by atoms with Crippen LogP contribution in [0.5, 0.6) is 0 Å². The van der Waals surface area contributed by atoms with Gasteiger partial charge in [-0.25, -0.2) is 0 Å². The van der Waals surface area contributed by atoms with Crippen LogP contribution in [0.1, 0.15) is 43.1 Å². The van der Waals surface area contributed by atoms with Crippen LogP contribution in [0, 0.1) is 0 Å². The minimum absolute atomic E-state index is 0.0320. The van der Waals surface area contributed by atoms with Crippen LogP contribution in [0.4, 0.5) is 0 Å². The third-order valence-corrected chi connectivity index (χ3v) is 6.12. The predicted octanol–water partition coefficient (Wildman–Crippen LogP) is 5.04. The van der Waals surface area contributed by atoms with Crippen LogP contribution in [-0.4, -0.2) is 32.0 Å². The molecule has 0 aromatic heterocycles. The Bertz CT molecular complexity index is 826. The Balaban J connectivity index is 1.63. The number of hydrogen-bond acceptors (Lipinski definition) is 4. The van der Waals surface area contributed by atoms with E-state index in [1.807, 2.05) is 30.3 Å². The summed E-state index contributed by atoms with van der Waals surface area (Å²) in [7, 11) is 1.70. The number of hydrogen-bond donors (Lipinski definition) is 0. The summed E-state index contributed by atoms with van der Waals surface area (Å²) >= 11 is 6.31. The normalized spacial score (nSPS) is 31.4. The quantitative estimate of drug-likeness (QED) is 0.678. The molecule has 1 saturated heterocycles. The average molecular weight is 403 g/mol. The van der Waals surface area contributed by atoms with Crippen molar-refractivity contribution in [3.8, 4) is 0 Å². The standard InChI is InChI=1S/C23H27ClO4/c1-4-19-21(26-13-15-9-5-8-12-18(15)24)22-20(27-19)16-10-6-7-11-17(16)23(2,28-22)14-25-3/h5-12,19-22H,4,13-14H2,1-3H3/t19-,20-,21+,22+,23?/m1/s1. The molecule has 5 atom stereocenters. The Morgan fingerprint density at radius 3 is 2.61 bits per heavy atom. The van der Waals surface area contributed by atoms with E-state index in [2.05, 4.69) is 32.0 Å². The first-order valence-electron chi connectivity index (χ1n) is 9.84. The van der Waals surface area contributed by atoms with Crippen LogP contribution < -0.4 is 0 Å². The van der Waals surface area contributed by atoms with E-state index in [0.29, 0.717) is 18.2 Å². The van der Waals surface area contributed by atoms with Crippen LogP contribution >= 0.6 is 11.6 Å². The smallest absolute Gasteiger partial charge is 0.118 e. The van der Waals surface area contributed by atoms with Gasteiger partial charge in [0.05, 0.1) is 19.3 Å². The van der Waals surface area contributed by atoms with Gasteiger partial charge in [-0.1, -0.05) is 61.0 Å². The van der Waals surface area contributed by atoms with Crippen molar-refractivity contribution in [3.05, 3.63) is 70.2 Å². The van der Waals surface area contributed by atoms with E-state index in [4.69, 9.17) is 30.5 Å². The fourth-order valence-corrected chi connectivity index (χ4v) is 4.61. The van der Waals surface area contributed by atoms with Gasteiger partial charge in [0, 0.05) is 12.1 Å². The highest BCUT2D eigenvalue weighted by Gasteiger charge is 2.53. The molecule has 5 heteroatoms. The SMILES string of the molecule is CC[C@H]1O[C@@H]2c3ccccc3C(C)(COC)O[C@@H]2[C@H]1OCc1ccccc1Cl. The second-order valence-electron chi connectivity index (χ2n) is 7.70. The lowest BCUT2D eigenvalue weighted by Gasteiger charge is -2.42. The summed E-state index contributed by atoms with van der Waals surface area (Å²) in [6.07, 6.45) is 0.322. The van der Waals surface area contributed by atoms with Gasteiger partial charge in [-0.05, 0) is 36.1 Å². The summed E-state index contributed by atoms with van der Waals surface area (Å²) in [4.78, 5) is 0. The molecule has 1 unspecified atom stereocenters.